The van der Waals surface area contributed by atoms with Crippen LogP contribution >= 0.6 is 0 Å². The van der Waals surface area contributed by atoms with Gasteiger partial charge in [0.05, 0.1) is 7.11 Å². The van der Waals surface area contributed by atoms with Crippen molar-refractivity contribution in [3.8, 4) is 11.5 Å². The van der Waals surface area contributed by atoms with Crippen molar-refractivity contribution in [1.29, 1.82) is 0 Å². The molecule has 3 nitrogen and oxygen atoms in total. The Labute approximate surface area is 83.6 Å². The number of hydrogen-bond acceptors (Lipinski definition) is 3. The number of methoxy groups -OCH3 is 2. The number of benzene rings is 1. The first kappa shape index (κ1) is 10.6. The van der Waals surface area contributed by atoms with Gasteiger partial charge in [0.1, 0.15) is 6.10 Å². The molecule has 3 heteroatoms. The van der Waals surface area contributed by atoms with Gasteiger partial charge in [-0.2, -0.15) is 0 Å². The zero-order valence-electron chi connectivity index (χ0n) is 8.36. The summed E-state index contributed by atoms with van der Waals surface area (Å²) in [7, 11) is 3.11. The predicted molar refractivity (Wildman–Crippen MR) is 54.6 cm³/mol. The van der Waals surface area contributed by atoms with Gasteiger partial charge in [-0.3, -0.25) is 0 Å². The first-order valence-corrected chi connectivity index (χ1v) is 4.25. The lowest BCUT2D eigenvalue weighted by molar-refractivity contribution is 0.143. The van der Waals surface area contributed by atoms with E-state index in [1.807, 2.05) is 0 Å². The molecule has 0 bridgehead atoms. The molecule has 76 valence electrons. The third-order valence-corrected chi connectivity index (χ3v) is 2.00. The fourth-order valence-electron chi connectivity index (χ4n) is 1.24. The number of aromatic hydroxyl groups is 1. The maximum Gasteiger partial charge on any atom is 0.160 e. The molecule has 0 heterocycles. The van der Waals surface area contributed by atoms with Gasteiger partial charge in [-0.25, -0.2) is 0 Å². The molecule has 0 amide bonds. The van der Waals surface area contributed by atoms with Crippen molar-refractivity contribution in [1.82, 2.24) is 0 Å². The largest absolute Gasteiger partial charge is 0.504 e. The number of phenols is 1. The van der Waals surface area contributed by atoms with Gasteiger partial charge in [-0.15, -0.1) is 6.58 Å². The summed E-state index contributed by atoms with van der Waals surface area (Å²) in [5, 5.41) is 9.37. The molecule has 1 atom stereocenters. The summed E-state index contributed by atoms with van der Waals surface area (Å²) < 4.78 is 10.2. The molecule has 0 aromatic heterocycles. The van der Waals surface area contributed by atoms with Crippen LogP contribution in [0.4, 0.5) is 0 Å². The highest BCUT2D eigenvalue weighted by Crippen LogP contribution is 2.30. The smallest absolute Gasteiger partial charge is 0.160 e. The van der Waals surface area contributed by atoms with E-state index in [2.05, 4.69) is 6.58 Å². The molecule has 0 fully saturated rings. The van der Waals surface area contributed by atoms with Crippen molar-refractivity contribution in [2.45, 2.75) is 6.10 Å². The van der Waals surface area contributed by atoms with E-state index in [0.29, 0.717) is 5.75 Å². The van der Waals surface area contributed by atoms with E-state index in [4.69, 9.17) is 9.47 Å². The maximum absolute atomic E-state index is 9.37. The zero-order valence-corrected chi connectivity index (χ0v) is 8.36. The van der Waals surface area contributed by atoms with Gasteiger partial charge in [-0.1, -0.05) is 12.1 Å². The monoisotopic (exact) mass is 194 g/mol. The van der Waals surface area contributed by atoms with E-state index in [-0.39, 0.29) is 11.9 Å². The van der Waals surface area contributed by atoms with Crippen LogP contribution in [-0.4, -0.2) is 19.3 Å². The summed E-state index contributed by atoms with van der Waals surface area (Å²) in [6, 6.07) is 5.07. The van der Waals surface area contributed by atoms with E-state index in [9.17, 15) is 5.11 Å². The number of ether oxygens (including phenoxy) is 2. The van der Waals surface area contributed by atoms with Gasteiger partial charge in [0, 0.05) is 7.11 Å². The molecule has 1 aromatic carbocycles. The Bertz CT molecular complexity index is 320. The lowest BCUT2D eigenvalue weighted by Crippen LogP contribution is -1.97. The summed E-state index contributed by atoms with van der Waals surface area (Å²) in [5.74, 6) is 0.557. The summed E-state index contributed by atoms with van der Waals surface area (Å²) in [5.41, 5.74) is 0.900. The molecule has 0 saturated carbocycles. The van der Waals surface area contributed by atoms with Crippen molar-refractivity contribution in [3.63, 3.8) is 0 Å². The third kappa shape index (κ3) is 2.06. The summed E-state index contributed by atoms with van der Waals surface area (Å²) >= 11 is 0. The number of hydrogen-bond donors (Lipinski definition) is 1. The standard InChI is InChI=1S/C11H14O3/c1-4-10(13-2)8-5-6-9(12)11(7-8)14-3/h4-7,10,12H,1H2,2-3H3. The highest BCUT2D eigenvalue weighted by Gasteiger charge is 2.09. The first-order chi connectivity index (χ1) is 6.72. The van der Waals surface area contributed by atoms with E-state index < -0.39 is 0 Å². The van der Waals surface area contributed by atoms with Crippen molar-refractivity contribution in [2.24, 2.45) is 0 Å². The second-order valence-corrected chi connectivity index (χ2v) is 2.82. The molecule has 0 aliphatic rings. The van der Waals surface area contributed by atoms with Crippen LogP contribution in [0, 0.1) is 0 Å². The molecule has 0 spiro atoms. The van der Waals surface area contributed by atoms with Crippen LogP contribution in [0.1, 0.15) is 11.7 Å². The Balaban J connectivity index is 3.04. The first-order valence-electron chi connectivity index (χ1n) is 4.25. The Morgan fingerprint density at radius 2 is 2.14 bits per heavy atom. The van der Waals surface area contributed by atoms with Crippen LogP contribution in [-0.2, 0) is 4.74 Å². The topological polar surface area (TPSA) is 38.7 Å². The van der Waals surface area contributed by atoms with Crippen LogP contribution in [0.3, 0.4) is 0 Å². The van der Waals surface area contributed by atoms with Crippen molar-refractivity contribution < 1.29 is 14.6 Å². The second kappa shape index (κ2) is 4.67. The van der Waals surface area contributed by atoms with E-state index in [1.54, 1.807) is 31.4 Å². The van der Waals surface area contributed by atoms with E-state index in [0.717, 1.165) is 5.56 Å². The molecule has 1 aromatic rings. The van der Waals surface area contributed by atoms with E-state index in [1.165, 1.54) is 7.11 Å². The van der Waals surface area contributed by atoms with Crippen molar-refractivity contribution in [3.05, 3.63) is 36.4 Å². The lowest BCUT2D eigenvalue weighted by atomic mass is 10.1. The molecule has 0 aliphatic carbocycles. The summed E-state index contributed by atoms with van der Waals surface area (Å²) in [4.78, 5) is 0. The SMILES string of the molecule is C=CC(OC)c1ccc(O)c(OC)c1. The Hall–Kier alpha value is -1.48. The fourth-order valence-corrected chi connectivity index (χ4v) is 1.24. The molecule has 1 unspecified atom stereocenters. The minimum atomic E-state index is -0.176. The van der Waals surface area contributed by atoms with E-state index >= 15 is 0 Å². The van der Waals surface area contributed by atoms with Gasteiger partial charge >= 0.3 is 0 Å². The highest BCUT2D eigenvalue weighted by atomic mass is 16.5. The normalized spacial score (nSPS) is 12.1. The zero-order chi connectivity index (χ0) is 10.6. The molecular weight excluding hydrogens is 180 g/mol. The molecule has 0 radical (unpaired) electrons. The lowest BCUT2D eigenvalue weighted by Gasteiger charge is -2.12. The average molecular weight is 194 g/mol. The molecular formula is C11H14O3. The minimum absolute atomic E-state index is 0.121. The Kier molecular flexibility index (Phi) is 3.54. The van der Waals surface area contributed by atoms with Crippen LogP contribution in [0.15, 0.2) is 30.9 Å². The van der Waals surface area contributed by atoms with Crippen molar-refractivity contribution in [2.75, 3.05) is 14.2 Å². The quantitative estimate of drug-likeness (QED) is 0.747. The van der Waals surface area contributed by atoms with Crippen molar-refractivity contribution >= 4 is 0 Å². The van der Waals surface area contributed by atoms with Gasteiger partial charge in [-0.05, 0) is 17.7 Å². The van der Waals surface area contributed by atoms with Crippen LogP contribution in [0.2, 0.25) is 0 Å². The Morgan fingerprint density at radius 3 is 2.64 bits per heavy atom. The van der Waals surface area contributed by atoms with Crippen LogP contribution < -0.4 is 4.74 Å². The molecule has 1 rings (SSSR count). The van der Waals surface area contributed by atoms with Gasteiger partial charge < -0.3 is 14.6 Å². The number of rotatable bonds is 4. The molecule has 0 aliphatic heterocycles. The Morgan fingerprint density at radius 1 is 1.43 bits per heavy atom. The van der Waals surface area contributed by atoms with Crippen LogP contribution in [0.5, 0.6) is 11.5 Å². The van der Waals surface area contributed by atoms with Crippen LogP contribution in [0.25, 0.3) is 0 Å². The average Bonchev–Trinajstić information content (AvgIpc) is 2.22. The van der Waals surface area contributed by atoms with Gasteiger partial charge in [0.25, 0.3) is 0 Å². The minimum Gasteiger partial charge on any atom is -0.504 e. The summed E-state index contributed by atoms with van der Waals surface area (Å²) in [6.45, 7) is 3.66. The molecule has 0 saturated heterocycles. The summed E-state index contributed by atoms with van der Waals surface area (Å²) in [6.07, 6.45) is 1.51. The van der Waals surface area contributed by atoms with Gasteiger partial charge in [0.15, 0.2) is 11.5 Å². The predicted octanol–water partition coefficient (Wildman–Crippen LogP) is 2.27. The molecule has 14 heavy (non-hydrogen) atoms. The molecule has 1 N–H and O–H groups in total. The highest BCUT2D eigenvalue weighted by molar-refractivity contribution is 5.43. The number of phenolic OH excluding ortho intramolecular Hbond substituents is 1. The second-order valence-electron chi connectivity index (χ2n) is 2.82. The van der Waals surface area contributed by atoms with Gasteiger partial charge in [0.2, 0.25) is 0 Å². The third-order valence-electron chi connectivity index (χ3n) is 2.00. The maximum atomic E-state index is 9.37. The fraction of sp³-hybridized carbons (Fsp3) is 0.273.